The zero-order chi connectivity index (χ0) is 10.4. The molecular weight excluding hydrogens is 212 g/mol. The minimum absolute atomic E-state index is 0.616. The molecule has 0 fully saturated rings. The quantitative estimate of drug-likeness (QED) is 0.566. The molecule has 0 bridgehead atoms. The lowest BCUT2D eigenvalue weighted by Gasteiger charge is -2.07. The third-order valence-corrected chi connectivity index (χ3v) is 3.58. The van der Waals surface area contributed by atoms with E-state index in [1.165, 1.54) is 15.4 Å². The van der Waals surface area contributed by atoms with Gasteiger partial charge >= 0.3 is 0 Å². The van der Waals surface area contributed by atoms with Crippen molar-refractivity contribution < 1.29 is 4.79 Å². The van der Waals surface area contributed by atoms with Gasteiger partial charge < -0.3 is 4.79 Å². The molecule has 0 atom stereocenters. The van der Waals surface area contributed by atoms with E-state index in [2.05, 4.69) is 30.7 Å². The van der Waals surface area contributed by atoms with Crippen LogP contribution in [0.5, 0.6) is 0 Å². The van der Waals surface area contributed by atoms with Crippen molar-refractivity contribution in [3.63, 3.8) is 0 Å². The maximum Gasteiger partial charge on any atom is 0.120 e. The van der Waals surface area contributed by atoms with Crippen LogP contribution in [0.15, 0.2) is 28.0 Å². The molecule has 0 saturated heterocycles. The van der Waals surface area contributed by atoms with Crippen molar-refractivity contribution in [3.8, 4) is 0 Å². The number of carbonyl (C=O) groups excluding carboxylic acids is 1. The fourth-order valence-electron chi connectivity index (χ4n) is 1.29. The summed E-state index contributed by atoms with van der Waals surface area (Å²) >= 11 is 3.48. The van der Waals surface area contributed by atoms with E-state index >= 15 is 0 Å². The average Bonchev–Trinajstić information content (AvgIpc) is 2.25. The molecule has 1 rings (SSSR count). The lowest BCUT2D eigenvalue weighted by Crippen LogP contribution is -1.90. The van der Waals surface area contributed by atoms with E-state index in [0.717, 1.165) is 12.7 Å². The average molecular weight is 226 g/mol. The fraction of sp³-hybridized carbons (Fsp3) is 0.364. The molecule has 1 aromatic rings. The van der Waals surface area contributed by atoms with E-state index in [0.29, 0.717) is 6.42 Å². The van der Waals surface area contributed by atoms with Gasteiger partial charge in [0, 0.05) is 16.2 Å². The van der Waals surface area contributed by atoms with E-state index in [1.54, 1.807) is 23.5 Å². The van der Waals surface area contributed by atoms with Crippen molar-refractivity contribution in [3.05, 3.63) is 23.8 Å². The van der Waals surface area contributed by atoms with Crippen LogP contribution in [0.25, 0.3) is 0 Å². The van der Waals surface area contributed by atoms with Crippen LogP contribution in [0.4, 0.5) is 0 Å². The Morgan fingerprint density at radius 1 is 1.29 bits per heavy atom. The Labute approximate surface area is 93.7 Å². The highest BCUT2D eigenvalue weighted by Crippen LogP contribution is 2.26. The Balaban J connectivity index is 2.89. The molecule has 0 spiro atoms. The third kappa shape index (κ3) is 3.07. The Hall–Kier alpha value is -0.410. The second-order valence-electron chi connectivity index (χ2n) is 2.88. The van der Waals surface area contributed by atoms with Crippen molar-refractivity contribution in [2.45, 2.75) is 22.6 Å². The first kappa shape index (κ1) is 11.7. The number of rotatable bonds is 5. The monoisotopic (exact) mass is 226 g/mol. The number of hydrogen-bond donors (Lipinski definition) is 0. The molecule has 0 aliphatic rings. The largest absolute Gasteiger partial charge is 0.303 e. The van der Waals surface area contributed by atoms with Crippen LogP contribution in [-0.4, -0.2) is 18.8 Å². The summed E-state index contributed by atoms with van der Waals surface area (Å²) in [6, 6.07) is 6.44. The molecule has 0 saturated carbocycles. The number of hydrogen-bond acceptors (Lipinski definition) is 3. The molecule has 0 unspecified atom stereocenters. The molecule has 0 amide bonds. The summed E-state index contributed by atoms with van der Waals surface area (Å²) in [7, 11) is 0. The Morgan fingerprint density at radius 3 is 2.64 bits per heavy atom. The first-order chi connectivity index (χ1) is 6.81. The highest BCUT2D eigenvalue weighted by atomic mass is 32.2. The van der Waals surface area contributed by atoms with Crippen LogP contribution in [-0.2, 0) is 11.2 Å². The molecule has 0 heterocycles. The molecule has 1 nitrogen and oxygen atoms in total. The van der Waals surface area contributed by atoms with Crippen LogP contribution in [0.1, 0.15) is 12.0 Å². The fourth-order valence-corrected chi connectivity index (χ4v) is 2.38. The molecule has 14 heavy (non-hydrogen) atoms. The van der Waals surface area contributed by atoms with Crippen LogP contribution in [0.2, 0.25) is 0 Å². The Morgan fingerprint density at radius 2 is 2.07 bits per heavy atom. The van der Waals surface area contributed by atoms with Gasteiger partial charge in [0.1, 0.15) is 6.29 Å². The molecule has 0 N–H and O–H groups in total. The Bertz CT molecular complexity index is 310. The predicted molar refractivity (Wildman–Crippen MR) is 64.4 cm³/mol. The van der Waals surface area contributed by atoms with Gasteiger partial charge in [-0.1, -0.05) is 0 Å². The molecule has 3 heteroatoms. The minimum atomic E-state index is 0.616. The summed E-state index contributed by atoms with van der Waals surface area (Å²) in [6.07, 6.45) is 6.59. The maximum absolute atomic E-state index is 10.3. The topological polar surface area (TPSA) is 17.1 Å². The van der Waals surface area contributed by atoms with E-state index < -0.39 is 0 Å². The van der Waals surface area contributed by atoms with E-state index in [4.69, 9.17) is 0 Å². The van der Waals surface area contributed by atoms with Gasteiger partial charge in [0.05, 0.1) is 0 Å². The second-order valence-corrected chi connectivity index (χ2v) is 4.61. The van der Waals surface area contributed by atoms with Crippen molar-refractivity contribution in [1.29, 1.82) is 0 Å². The maximum atomic E-state index is 10.3. The zero-order valence-corrected chi connectivity index (χ0v) is 10.1. The lowest BCUT2D eigenvalue weighted by molar-refractivity contribution is -0.107. The number of benzene rings is 1. The van der Waals surface area contributed by atoms with Gasteiger partial charge in [-0.15, -0.1) is 23.5 Å². The van der Waals surface area contributed by atoms with Gasteiger partial charge in [-0.3, -0.25) is 0 Å². The number of aldehydes is 1. The summed E-state index contributed by atoms with van der Waals surface area (Å²) in [5.74, 6) is 0. The van der Waals surface area contributed by atoms with Crippen molar-refractivity contribution in [2.75, 3.05) is 12.5 Å². The summed E-state index contributed by atoms with van der Waals surface area (Å²) < 4.78 is 0. The van der Waals surface area contributed by atoms with Gasteiger partial charge in [0.25, 0.3) is 0 Å². The van der Waals surface area contributed by atoms with Gasteiger partial charge in [-0.05, 0) is 42.7 Å². The smallest absolute Gasteiger partial charge is 0.120 e. The first-order valence-electron chi connectivity index (χ1n) is 4.46. The zero-order valence-electron chi connectivity index (χ0n) is 8.45. The second kappa shape index (κ2) is 6.14. The summed E-state index contributed by atoms with van der Waals surface area (Å²) in [4.78, 5) is 12.9. The molecule has 1 aromatic carbocycles. The van der Waals surface area contributed by atoms with Crippen LogP contribution in [0.3, 0.4) is 0 Å². The molecule has 76 valence electrons. The summed E-state index contributed by atoms with van der Waals surface area (Å²) in [5.41, 5.74) is 1.29. The highest BCUT2D eigenvalue weighted by Gasteiger charge is 2.02. The molecule has 0 aromatic heterocycles. The normalized spacial score (nSPS) is 10.1. The Kier molecular flexibility index (Phi) is 5.12. The van der Waals surface area contributed by atoms with Crippen LogP contribution >= 0.6 is 23.5 Å². The van der Waals surface area contributed by atoms with E-state index in [9.17, 15) is 4.79 Å². The summed E-state index contributed by atoms with van der Waals surface area (Å²) in [5, 5.41) is 0. The number of carbonyl (C=O) groups is 1. The molecule has 0 radical (unpaired) electrons. The van der Waals surface area contributed by atoms with E-state index in [-0.39, 0.29) is 0 Å². The third-order valence-electron chi connectivity index (χ3n) is 2.02. The molecular formula is C11H14OS2. The molecule has 0 aliphatic heterocycles. The lowest BCUT2D eigenvalue weighted by atomic mass is 10.1. The SMILES string of the molecule is CSc1ccc(SC)c(CCC=O)c1. The number of thioether (sulfide) groups is 2. The van der Waals surface area contributed by atoms with Crippen molar-refractivity contribution in [1.82, 2.24) is 0 Å². The summed E-state index contributed by atoms with van der Waals surface area (Å²) in [6.45, 7) is 0. The standard InChI is InChI=1S/C11H14OS2/c1-13-10-5-6-11(14-2)9(8-10)4-3-7-12/h5-8H,3-4H2,1-2H3. The van der Waals surface area contributed by atoms with Crippen LogP contribution < -0.4 is 0 Å². The van der Waals surface area contributed by atoms with Gasteiger partial charge in [0.2, 0.25) is 0 Å². The predicted octanol–water partition coefficient (Wildman–Crippen LogP) is 3.26. The van der Waals surface area contributed by atoms with Gasteiger partial charge in [-0.2, -0.15) is 0 Å². The van der Waals surface area contributed by atoms with Crippen LogP contribution in [0, 0.1) is 0 Å². The number of aryl methyl sites for hydroxylation is 1. The minimum Gasteiger partial charge on any atom is -0.303 e. The van der Waals surface area contributed by atoms with Crippen molar-refractivity contribution in [2.24, 2.45) is 0 Å². The van der Waals surface area contributed by atoms with Gasteiger partial charge in [0.15, 0.2) is 0 Å². The first-order valence-corrected chi connectivity index (χ1v) is 6.91. The van der Waals surface area contributed by atoms with Gasteiger partial charge in [-0.25, -0.2) is 0 Å². The van der Waals surface area contributed by atoms with Crippen molar-refractivity contribution >= 4 is 29.8 Å². The highest BCUT2D eigenvalue weighted by molar-refractivity contribution is 7.99. The molecule has 0 aliphatic carbocycles. The van der Waals surface area contributed by atoms with E-state index in [1.807, 2.05) is 0 Å².